The van der Waals surface area contributed by atoms with E-state index in [-0.39, 0.29) is 18.6 Å². The lowest BCUT2D eigenvalue weighted by Gasteiger charge is -2.31. The Hall–Kier alpha value is -3.62. The number of rotatable bonds is 4. The van der Waals surface area contributed by atoms with Crippen molar-refractivity contribution in [2.75, 3.05) is 30.1 Å². The van der Waals surface area contributed by atoms with Crippen LogP contribution in [0.15, 0.2) is 36.4 Å². The van der Waals surface area contributed by atoms with Crippen molar-refractivity contribution in [2.45, 2.75) is 26.7 Å². The number of carbonyl (C=O) groups excluding carboxylic acids is 1. The third kappa shape index (κ3) is 3.90. The highest BCUT2D eigenvalue weighted by Gasteiger charge is 2.26. The van der Waals surface area contributed by atoms with Gasteiger partial charge in [-0.3, -0.25) is 4.79 Å². The molecular weight excluding hydrogens is 396 g/mol. The average molecular weight is 420 g/mol. The van der Waals surface area contributed by atoms with Gasteiger partial charge >= 0.3 is 0 Å². The summed E-state index contributed by atoms with van der Waals surface area (Å²) in [5.41, 5.74) is 2.69. The van der Waals surface area contributed by atoms with Gasteiger partial charge in [0, 0.05) is 36.5 Å². The van der Waals surface area contributed by atoms with Gasteiger partial charge in [-0.15, -0.1) is 10.2 Å². The van der Waals surface area contributed by atoms with Crippen LogP contribution in [0.1, 0.15) is 24.2 Å². The zero-order valence-corrected chi connectivity index (χ0v) is 17.5. The molecule has 1 N–H and O–H groups in total. The van der Waals surface area contributed by atoms with E-state index in [2.05, 4.69) is 25.5 Å². The molecule has 2 aliphatic heterocycles. The lowest BCUT2D eigenvalue weighted by Crippen LogP contribution is -2.38. The van der Waals surface area contributed by atoms with Gasteiger partial charge < -0.3 is 19.7 Å². The summed E-state index contributed by atoms with van der Waals surface area (Å²) >= 11 is 0. The Morgan fingerprint density at radius 3 is 2.45 bits per heavy atom. The van der Waals surface area contributed by atoms with Gasteiger partial charge in [0.1, 0.15) is 0 Å². The fourth-order valence-corrected chi connectivity index (χ4v) is 4.05. The largest absolute Gasteiger partial charge is 0.454 e. The predicted molar refractivity (Wildman–Crippen MR) is 115 cm³/mol. The first-order valence-electron chi connectivity index (χ1n) is 10.4. The van der Waals surface area contributed by atoms with Crippen molar-refractivity contribution in [3.8, 4) is 17.3 Å². The average Bonchev–Trinajstić information content (AvgIpc) is 3.39. The third-order valence-corrected chi connectivity index (χ3v) is 5.69. The number of piperidine rings is 1. The zero-order valence-electron chi connectivity index (χ0n) is 17.5. The van der Waals surface area contributed by atoms with E-state index in [1.807, 2.05) is 44.2 Å². The summed E-state index contributed by atoms with van der Waals surface area (Å²) in [4.78, 5) is 14.9. The van der Waals surface area contributed by atoms with Gasteiger partial charge in [0.05, 0.1) is 5.69 Å². The van der Waals surface area contributed by atoms with Gasteiger partial charge in [-0.1, -0.05) is 0 Å². The van der Waals surface area contributed by atoms with Crippen molar-refractivity contribution in [3.63, 3.8) is 0 Å². The van der Waals surface area contributed by atoms with Crippen molar-refractivity contribution >= 4 is 17.4 Å². The highest BCUT2D eigenvalue weighted by Crippen LogP contribution is 2.34. The number of ether oxygens (including phenoxy) is 2. The molecule has 0 saturated carbocycles. The molecule has 1 aromatic carbocycles. The summed E-state index contributed by atoms with van der Waals surface area (Å²) in [5.74, 6) is 2.88. The smallest absolute Gasteiger partial charge is 0.231 e. The molecule has 1 saturated heterocycles. The van der Waals surface area contributed by atoms with E-state index in [4.69, 9.17) is 9.47 Å². The quantitative estimate of drug-likeness (QED) is 0.693. The molecule has 9 nitrogen and oxygen atoms in total. The summed E-state index contributed by atoms with van der Waals surface area (Å²) in [6, 6.07) is 11.4. The highest BCUT2D eigenvalue weighted by molar-refractivity contribution is 5.93. The first-order valence-corrected chi connectivity index (χ1v) is 10.4. The highest BCUT2D eigenvalue weighted by atomic mass is 16.7. The molecule has 0 atom stereocenters. The van der Waals surface area contributed by atoms with E-state index in [1.54, 1.807) is 10.7 Å². The third-order valence-electron chi connectivity index (χ3n) is 5.69. The van der Waals surface area contributed by atoms with Crippen LogP contribution in [0.5, 0.6) is 11.5 Å². The van der Waals surface area contributed by atoms with Crippen molar-refractivity contribution < 1.29 is 14.3 Å². The molecule has 0 unspecified atom stereocenters. The Kier molecular flexibility index (Phi) is 4.93. The second-order valence-corrected chi connectivity index (χ2v) is 7.91. The Morgan fingerprint density at radius 2 is 1.74 bits per heavy atom. The van der Waals surface area contributed by atoms with E-state index in [9.17, 15) is 4.79 Å². The number of nitrogens with one attached hydrogen (secondary N) is 1. The maximum absolute atomic E-state index is 12.7. The van der Waals surface area contributed by atoms with E-state index in [0.717, 1.165) is 48.8 Å². The number of nitrogens with zero attached hydrogens (tertiary/aromatic N) is 5. The molecule has 0 bridgehead atoms. The number of hydrogen-bond acceptors (Lipinski definition) is 7. The maximum Gasteiger partial charge on any atom is 0.231 e. The molecule has 0 spiro atoms. The molecule has 3 aromatic rings. The molecule has 0 radical (unpaired) electrons. The fraction of sp³-hybridized carbons (Fsp3) is 0.364. The predicted octanol–water partition coefficient (Wildman–Crippen LogP) is 2.86. The molecule has 1 fully saturated rings. The molecule has 5 rings (SSSR count). The van der Waals surface area contributed by atoms with Gasteiger partial charge in [0.25, 0.3) is 0 Å². The molecule has 2 aromatic heterocycles. The standard InChI is InChI=1S/C22H24N6O3/c1-14-11-15(2)28(26-14)21-6-5-20(24-25-21)27-9-7-16(8-10-27)22(29)23-17-3-4-18-19(12-17)31-13-30-18/h3-6,11-12,16H,7-10,13H2,1-2H3,(H,23,29). The molecule has 0 aliphatic carbocycles. The van der Waals surface area contributed by atoms with Gasteiger partial charge in [-0.05, 0) is 57.0 Å². The fourth-order valence-electron chi connectivity index (χ4n) is 4.05. The molecule has 160 valence electrons. The summed E-state index contributed by atoms with van der Waals surface area (Å²) in [6.45, 7) is 5.68. The number of fused-ring (bicyclic) bond motifs is 1. The summed E-state index contributed by atoms with van der Waals surface area (Å²) in [6.07, 6.45) is 1.52. The van der Waals surface area contributed by atoms with E-state index < -0.39 is 0 Å². The van der Waals surface area contributed by atoms with Gasteiger partial charge in [-0.25, -0.2) is 4.68 Å². The lowest BCUT2D eigenvalue weighted by molar-refractivity contribution is -0.120. The van der Waals surface area contributed by atoms with Crippen molar-refractivity contribution in [1.82, 2.24) is 20.0 Å². The minimum absolute atomic E-state index is 0.0319. The minimum Gasteiger partial charge on any atom is -0.454 e. The minimum atomic E-state index is -0.0383. The van der Waals surface area contributed by atoms with Gasteiger partial charge in [-0.2, -0.15) is 5.10 Å². The SMILES string of the molecule is Cc1cc(C)n(-c2ccc(N3CCC(C(=O)Nc4ccc5c(c4)OCO5)CC3)nn2)n1. The first kappa shape index (κ1) is 19.3. The summed E-state index contributed by atoms with van der Waals surface area (Å²) in [7, 11) is 0. The number of hydrogen-bond donors (Lipinski definition) is 1. The van der Waals surface area contributed by atoms with E-state index in [1.165, 1.54) is 0 Å². The second kappa shape index (κ2) is 7.90. The number of aryl methyl sites for hydroxylation is 2. The van der Waals surface area contributed by atoms with Crippen molar-refractivity contribution in [3.05, 3.63) is 47.8 Å². The number of benzene rings is 1. The lowest BCUT2D eigenvalue weighted by atomic mass is 9.96. The Balaban J connectivity index is 1.18. The first-order chi connectivity index (χ1) is 15.1. The molecule has 1 amide bonds. The molecule has 9 heteroatoms. The van der Waals surface area contributed by atoms with Crippen LogP contribution in [0.3, 0.4) is 0 Å². The van der Waals surface area contributed by atoms with Crippen molar-refractivity contribution in [1.29, 1.82) is 0 Å². The molecular formula is C22H24N6O3. The molecule has 31 heavy (non-hydrogen) atoms. The topological polar surface area (TPSA) is 94.4 Å². The van der Waals surface area contributed by atoms with E-state index in [0.29, 0.717) is 17.3 Å². The number of amides is 1. The van der Waals surface area contributed by atoms with Gasteiger partial charge in [0.2, 0.25) is 12.7 Å². The van der Waals surface area contributed by atoms with Crippen LogP contribution >= 0.6 is 0 Å². The van der Waals surface area contributed by atoms with Crippen molar-refractivity contribution in [2.24, 2.45) is 5.92 Å². The summed E-state index contributed by atoms with van der Waals surface area (Å²) in [5, 5.41) is 16.2. The monoisotopic (exact) mass is 420 g/mol. The van der Waals surface area contributed by atoms with Gasteiger partial charge in [0.15, 0.2) is 23.1 Å². The van der Waals surface area contributed by atoms with E-state index >= 15 is 0 Å². The van der Waals surface area contributed by atoms with Crippen LogP contribution in [0.2, 0.25) is 0 Å². The molecule has 2 aliphatic rings. The molecule has 4 heterocycles. The normalized spacial score (nSPS) is 15.9. The Bertz CT molecular complexity index is 1100. The Labute approximate surface area is 180 Å². The van der Waals surface area contributed by atoms with Crippen LogP contribution in [0, 0.1) is 19.8 Å². The van der Waals surface area contributed by atoms with Crippen LogP contribution in [0.4, 0.5) is 11.5 Å². The van der Waals surface area contributed by atoms with Crippen LogP contribution in [0.25, 0.3) is 5.82 Å². The van der Waals surface area contributed by atoms with Crippen LogP contribution in [-0.4, -0.2) is 45.8 Å². The Morgan fingerprint density at radius 1 is 1.00 bits per heavy atom. The van der Waals surface area contributed by atoms with Crippen LogP contribution in [-0.2, 0) is 4.79 Å². The summed E-state index contributed by atoms with van der Waals surface area (Å²) < 4.78 is 12.5. The number of carbonyl (C=O) groups is 1. The number of anilines is 2. The second-order valence-electron chi connectivity index (χ2n) is 7.91. The van der Waals surface area contributed by atoms with Crippen LogP contribution < -0.4 is 19.7 Å². The number of aromatic nitrogens is 4. The zero-order chi connectivity index (χ0) is 21.4. The maximum atomic E-state index is 12.7.